The number of likely N-dealkylation sites (tertiary alicyclic amines) is 1. The molecular weight excluding hydrogens is 290 g/mol. The first-order valence-electron chi connectivity index (χ1n) is 9.07. The molecule has 2 atom stereocenters. The minimum atomic E-state index is 0.299. The first-order valence-corrected chi connectivity index (χ1v) is 9.07. The van der Waals surface area contributed by atoms with Crippen LogP contribution in [0, 0.1) is 5.92 Å². The van der Waals surface area contributed by atoms with Gasteiger partial charge in [-0.1, -0.05) is 19.0 Å². The fraction of sp³-hybridized carbons (Fsp3) is 0.882. The Morgan fingerprint density at radius 3 is 2.96 bits per heavy atom. The van der Waals surface area contributed by atoms with E-state index >= 15 is 0 Å². The molecule has 0 aromatic carbocycles. The Balaban J connectivity index is 1.45. The van der Waals surface area contributed by atoms with Crippen molar-refractivity contribution in [2.75, 3.05) is 39.8 Å². The minimum Gasteiger partial charge on any atom is -0.339 e. The fourth-order valence-electron chi connectivity index (χ4n) is 3.70. The van der Waals surface area contributed by atoms with Gasteiger partial charge < -0.3 is 14.7 Å². The first-order chi connectivity index (χ1) is 11.1. The zero-order valence-corrected chi connectivity index (χ0v) is 14.8. The molecule has 130 valence electrons. The highest BCUT2D eigenvalue weighted by molar-refractivity contribution is 4.92. The molecular formula is C17H31N5O. The van der Waals surface area contributed by atoms with Crippen molar-refractivity contribution in [3.05, 3.63) is 11.7 Å². The largest absolute Gasteiger partial charge is 0.339 e. The van der Waals surface area contributed by atoms with Gasteiger partial charge in [0.1, 0.15) is 0 Å². The molecule has 1 aromatic rings. The number of nitrogens with one attached hydrogen (secondary N) is 1. The summed E-state index contributed by atoms with van der Waals surface area (Å²) in [5.74, 6) is 2.68. The summed E-state index contributed by atoms with van der Waals surface area (Å²) >= 11 is 0. The molecule has 2 saturated heterocycles. The van der Waals surface area contributed by atoms with Crippen LogP contribution < -0.4 is 5.32 Å². The number of rotatable bonds is 6. The average Bonchev–Trinajstić information content (AvgIpc) is 3.18. The zero-order chi connectivity index (χ0) is 16.2. The average molecular weight is 321 g/mol. The molecule has 3 rings (SSSR count). The van der Waals surface area contributed by atoms with Gasteiger partial charge in [-0.15, -0.1) is 0 Å². The van der Waals surface area contributed by atoms with Crippen LogP contribution in [0.5, 0.6) is 0 Å². The molecule has 1 aromatic heterocycles. The lowest BCUT2D eigenvalue weighted by Gasteiger charge is -2.28. The summed E-state index contributed by atoms with van der Waals surface area (Å²) < 4.78 is 5.31. The highest BCUT2D eigenvalue weighted by atomic mass is 16.5. The number of aromatic nitrogens is 2. The molecule has 1 N–H and O–H groups in total. The maximum Gasteiger partial charge on any atom is 0.229 e. The van der Waals surface area contributed by atoms with E-state index in [2.05, 4.69) is 46.2 Å². The van der Waals surface area contributed by atoms with E-state index in [0.717, 1.165) is 24.2 Å². The van der Waals surface area contributed by atoms with E-state index in [4.69, 9.17) is 4.52 Å². The molecule has 0 spiro atoms. The third kappa shape index (κ3) is 4.52. The van der Waals surface area contributed by atoms with E-state index in [1.165, 1.54) is 52.0 Å². The molecule has 0 saturated carbocycles. The summed E-state index contributed by atoms with van der Waals surface area (Å²) in [6, 6.07) is 0.604. The van der Waals surface area contributed by atoms with Gasteiger partial charge in [-0.05, 0) is 51.9 Å². The van der Waals surface area contributed by atoms with Crippen LogP contribution in [0.4, 0.5) is 0 Å². The van der Waals surface area contributed by atoms with Gasteiger partial charge in [0.25, 0.3) is 0 Å². The predicted molar refractivity (Wildman–Crippen MR) is 90.3 cm³/mol. The van der Waals surface area contributed by atoms with Gasteiger partial charge >= 0.3 is 0 Å². The molecule has 6 heteroatoms. The molecule has 0 amide bonds. The molecule has 6 nitrogen and oxygen atoms in total. The van der Waals surface area contributed by atoms with Crippen LogP contribution in [0.2, 0.25) is 0 Å². The van der Waals surface area contributed by atoms with E-state index < -0.39 is 0 Å². The molecule has 2 unspecified atom stereocenters. The van der Waals surface area contributed by atoms with Gasteiger partial charge in [-0.25, -0.2) is 0 Å². The van der Waals surface area contributed by atoms with Gasteiger partial charge in [-0.3, -0.25) is 4.90 Å². The molecule has 0 radical (unpaired) electrons. The van der Waals surface area contributed by atoms with E-state index in [9.17, 15) is 0 Å². The van der Waals surface area contributed by atoms with Crippen molar-refractivity contribution in [3.8, 4) is 0 Å². The molecule has 0 bridgehead atoms. The molecule has 3 heterocycles. The van der Waals surface area contributed by atoms with Crippen molar-refractivity contribution >= 4 is 0 Å². The lowest BCUT2D eigenvalue weighted by Crippen LogP contribution is -2.39. The summed E-state index contributed by atoms with van der Waals surface area (Å²) in [6.45, 7) is 11.0. The second-order valence-electron chi connectivity index (χ2n) is 7.53. The van der Waals surface area contributed by atoms with Gasteiger partial charge in [0.05, 0.1) is 6.54 Å². The molecule has 2 fully saturated rings. The summed E-state index contributed by atoms with van der Waals surface area (Å²) in [5.41, 5.74) is 0. The van der Waals surface area contributed by atoms with Crippen molar-refractivity contribution in [2.45, 2.75) is 51.6 Å². The Morgan fingerprint density at radius 1 is 1.39 bits per heavy atom. The molecule has 2 aliphatic heterocycles. The minimum absolute atomic E-state index is 0.299. The van der Waals surface area contributed by atoms with E-state index in [-0.39, 0.29) is 0 Å². The standard InChI is InChI=1S/C17H31N5O/c1-13(2)17-19-16(20-23-17)12-21(3)15-6-8-22(11-15)10-14-5-4-7-18-9-14/h13-15,18H,4-12H2,1-3H3. The highest BCUT2D eigenvalue weighted by Crippen LogP contribution is 2.20. The van der Waals surface area contributed by atoms with Crippen LogP contribution in [0.3, 0.4) is 0 Å². The Morgan fingerprint density at radius 2 is 2.26 bits per heavy atom. The molecule has 23 heavy (non-hydrogen) atoms. The number of likely N-dealkylation sites (N-methyl/N-ethyl adjacent to an activating group) is 1. The van der Waals surface area contributed by atoms with Crippen molar-refractivity contribution in [3.63, 3.8) is 0 Å². The van der Waals surface area contributed by atoms with Crippen LogP contribution in [0.1, 0.15) is 50.7 Å². The van der Waals surface area contributed by atoms with E-state index in [1.807, 2.05) is 0 Å². The number of hydrogen-bond acceptors (Lipinski definition) is 6. The fourth-order valence-corrected chi connectivity index (χ4v) is 3.70. The highest BCUT2D eigenvalue weighted by Gasteiger charge is 2.28. The lowest BCUT2D eigenvalue weighted by molar-refractivity contribution is 0.199. The maximum atomic E-state index is 5.31. The monoisotopic (exact) mass is 321 g/mol. The Labute approximate surface area is 139 Å². The summed E-state index contributed by atoms with van der Waals surface area (Å²) in [5, 5.41) is 7.63. The van der Waals surface area contributed by atoms with E-state index in [0.29, 0.717) is 12.0 Å². The van der Waals surface area contributed by atoms with Crippen molar-refractivity contribution in [1.82, 2.24) is 25.3 Å². The normalized spacial score (nSPS) is 26.5. The Hall–Kier alpha value is -0.980. The van der Waals surface area contributed by atoms with Crippen LogP contribution in [-0.4, -0.2) is 65.8 Å². The van der Waals surface area contributed by atoms with Crippen molar-refractivity contribution < 1.29 is 4.52 Å². The van der Waals surface area contributed by atoms with Gasteiger partial charge in [-0.2, -0.15) is 4.98 Å². The smallest absolute Gasteiger partial charge is 0.229 e. The summed E-state index contributed by atoms with van der Waals surface area (Å²) in [4.78, 5) is 9.51. The third-order valence-corrected chi connectivity index (χ3v) is 5.15. The summed E-state index contributed by atoms with van der Waals surface area (Å²) in [6.07, 6.45) is 3.95. The number of hydrogen-bond donors (Lipinski definition) is 1. The first kappa shape index (κ1) is 16.9. The maximum absolute atomic E-state index is 5.31. The van der Waals surface area contributed by atoms with Gasteiger partial charge in [0.2, 0.25) is 5.89 Å². The zero-order valence-electron chi connectivity index (χ0n) is 14.8. The topological polar surface area (TPSA) is 57.4 Å². The van der Waals surface area contributed by atoms with Crippen LogP contribution in [-0.2, 0) is 6.54 Å². The molecule has 0 aliphatic carbocycles. The van der Waals surface area contributed by atoms with Crippen molar-refractivity contribution in [2.24, 2.45) is 5.92 Å². The molecule has 2 aliphatic rings. The van der Waals surface area contributed by atoms with Crippen LogP contribution >= 0.6 is 0 Å². The summed E-state index contributed by atoms with van der Waals surface area (Å²) in [7, 11) is 2.18. The quantitative estimate of drug-likeness (QED) is 0.861. The third-order valence-electron chi connectivity index (χ3n) is 5.15. The number of piperidine rings is 1. The Bertz CT molecular complexity index is 483. The van der Waals surface area contributed by atoms with Crippen LogP contribution in [0.15, 0.2) is 4.52 Å². The van der Waals surface area contributed by atoms with Gasteiger partial charge in [0.15, 0.2) is 5.82 Å². The SMILES string of the molecule is CC(C)c1nc(CN(C)C2CCN(CC3CCCNC3)C2)no1. The van der Waals surface area contributed by atoms with Crippen LogP contribution in [0.25, 0.3) is 0 Å². The Kier molecular flexibility index (Phi) is 5.67. The van der Waals surface area contributed by atoms with Gasteiger partial charge in [0, 0.05) is 25.0 Å². The second kappa shape index (κ2) is 7.73. The predicted octanol–water partition coefficient (Wildman–Crippen LogP) is 1.70. The second-order valence-corrected chi connectivity index (χ2v) is 7.53. The number of nitrogens with zero attached hydrogens (tertiary/aromatic N) is 4. The lowest BCUT2D eigenvalue weighted by atomic mass is 9.99. The van der Waals surface area contributed by atoms with Crippen molar-refractivity contribution in [1.29, 1.82) is 0 Å². The van der Waals surface area contributed by atoms with E-state index in [1.54, 1.807) is 0 Å².